The summed E-state index contributed by atoms with van der Waals surface area (Å²) in [5.41, 5.74) is 3.43. The zero-order valence-corrected chi connectivity index (χ0v) is 22.3. The number of rotatable bonds is 6. The molecule has 8 nitrogen and oxygen atoms in total. The van der Waals surface area contributed by atoms with Crippen molar-refractivity contribution >= 4 is 23.7 Å². The molecule has 1 aliphatic heterocycles. The number of hydrogen-bond acceptors (Lipinski definition) is 4. The van der Waals surface area contributed by atoms with Crippen LogP contribution in [0.1, 0.15) is 37.5 Å². The van der Waals surface area contributed by atoms with Crippen molar-refractivity contribution in [2.45, 2.75) is 39.3 Å². The molecule has 2 aromatic carbocycles. The summed E-state index contributed by atoms with van der Waals surface area (Å²) < 4.78 is 15.0. The van der Waals surface area contributed by atoms with Crippen LogP contribution >= 0.6 is 0 Å². The van der Waals surface area contributed by atoms with Gasteiger partial charge in [0, 0.05) is 24.4 Å². The maximum absolute atomic E-state index is 15.0. The van der Waals surface area contributed by atoms with Crippen LogP contribution in [-0.2, 0) is 14.4 Å². The molecule has 0 aromatic heterocycles. The van der Waals surface area contributed by atoms with Gasteiger partial charge in [0.1, 0.15) is 5.82 Å². The predicted molar refractivity (Wildman–Crippen MR) is 124 cm³/mol. The maximum atomic E-state index is 15.0. The Morgan fingerprint density at radius 3 is 2.40 bits per heavy atom. The first-order valence-corrected chi connectivity index (χ1v) is 10.6. The van der Waals surface area contributed by atoms with Gasteiger partial charge >= 0.3 is 41.6 Å². The Labute approximate surface area is 226 Å². The van der Waals surface area contributed by atoms with Crippen LogP contribution in [0, 0.1) is 19.7 Å². The number of hydrogen-bond donors (Lipinski definition) is 3. The number of nitrogens with zero attached hydrogens (tertiary/aromatic N) is 1. The Hall–Kier alpha value is -3.01. The topological polar surface area (TPSA) is 116 Å². The Bertz CT molecular complexity index is 1220. The van der Waals surface area contributed by atoms with E-state index in [2.05, 4.69) is 10.6 Å². The summed E-state index contributed by atoms with van der Waals surface area (Å²) in [6, 6.07) is 6.68. The molecular weight excluding hydrogens is 464 g/mol. The first kappa shape index (κ1) is 28.2. The molecule has 3 N–H and O–H groups in total. The summed E-state index contributed by atoms with van der Waals surface area (Å²) in [5.74, 6) is -3.16. The minimum atomic E-state index is -1.46. The number of nitrogens with one attached hydrogen (secondary N) is 2. The van der Waals surface area contributed by atoms with Gasteiger partial charge in [-0.05, 0) is 49.1 Å². The maximum Gasteiger partial charge on any atom is 1.00 e. The molecule has 0 fully saturated rings. The monoisotopic (exact) mass is 491 g/mol. The second-order valence-electron chi connectivity index (χ2n) is 8.24. The standard InChI is InChI=1S/C25H26FN3O5.Na.H/c1-13-7-5-6-8-16(13)17-9-10-18(26)22(15(17)3)19(12-21(31)32)27-25(34)28-23-20(30)11-14(2)29(4)24(23)33;;/h5-11,19,23H,12H2,1-4H3,(H,31,32)(H2,27,28,34);;/q;+1;-1/t19-,23?;;/m0../s1. The SMILES string of the molecule is CC1=CC(=O)C(NC(=O)N[C@@H](CC(=O)O)c2c(F)ccc(-c3ccccc3C)c2C)C(=O)N1C.[H-].[Na+]. The number of halogens is 1. The van der Waals surface area contributed by atoms with Crippen LogP contribution in [0.2, 0.25) is 0 Å². The number of likely N-dealkylation sites (N-methyl/N-ethyl adjacent to an activating group) is 1. The average Bonchev–Trinajstić information content (AvgIpc) is 2.75. The summed E-state index contributed by atoms with van der Waals surface area (Å²) in [5, 5.41) is 14.1. The van der Waals surface area contributed by atoms with Gasteiger partial charge in [-0.15, -0.1) is 0 Å². The smallest absolute Gasteiger partial charge is 1.00 e. The molecule has 35 heavy (non-hydrogen) atoms. The fourth-order valence-corrected chi connectivity index (χ4v) is 4.03. The molecule has 10 heteroatoms. The first-order valence-electron chi connectivity index (χ1n) is 10.6. The van der Waals surface area contributed by atoms with Crippen molar-refractivity contribution in [2.75, 3.05) is 7.05 Å². The Balaban J connectivity index is 0.00000324. The fourth-order valence-electron chi connectivity index (χ4n) is 4.03. The van der Waals surface area contributed by atoms with Gasteiger partial charge in [0.2, 0.25) is 0 Å². The third-order valence-corrected chi connectivity index (χ3v) is 5.95. The number of amides is 3. The molecule has 0 saturated carbocycles. The van der Waals surface area contributed by atoms with E-state index in [1.807, 2.05) is 31.2 Å². The second kappa shape index (κ2) is 11.6. The first-order chi connectivity index (χ1) is 16.0. The molecular formula is C25H27FN3NaO5. The van der Waals surface area contributed by atoms with Crippen molar-refractivity contribution in [3.05, 3.63) is 70.7 Å². The zero-order chi connectivity index (χ0) is 25.2. The van der Waals surface area contributed by atoms with E-state index in [1.165, 1.54) is 24.1 Å². The van der Waals surface area contributed by atoms with E-state index in [0.29, 0.717) is 16.8 Å². The molecule has 1 aliphatic rings. The number of carboxylic acid groups (broad SMARTS) is 1. The minimum absolute atomic E-state index is 0. The Morgan fingerprint density at radius 2 is 1.77 bits per heavy atom. The van der Waals surface area contributed by atoms with Crippen LogP contribution in [0.5, 0.6) is 0 Å². The van der Waals surface area contributed by atoms with Crippen LogP contribution in [0.4, 0.5) is 9.18 Å². The number of carboxylic acids is 1. The quantitative estimate of drug-likeness (QED) is 0.399. The summed E-state index contributed by atoms with van der Waals surface area (Å²) >= 11 is 0. The molecule has 1 unspecified atom stereocenters. The van der Waals surface area contributed by atoms with Crippen LogP contribution in [0.15, 0.2) is 48.2 Å². The molecule has 3 amide bonds. The van der Waals surface area contributed by atoms with Crippen molar-refractivity contribution in [1.82, 2.24) is 15.5 Å². The molecule has 0 radical (unpaired) electrons. The third kappa shape index (κ3) is 6.17. The number of urea groups is 1. The number of benzene rings is 2. The number of aryl methyl sites for hydroxylation is 1. The molecule has 180 valence electrons. The van der Waals surface area contributed by atoms with E-state index in [9.17, 15) is 28.7 Å². The average molecular weight is 491 g/mol. The Morgan fingerprint density at radius 1 is 1.11 bits per heavy atom. The van der Waals surface area contributed by atoms with Gasteiger partial charge in [-0.25, -0.2) is 9.18 Å². The van der Waals surface area contributed by atoms with Gasteiger partial charge in [-0.3, -0.25) is 14.4 Å². The third-order valence-electron chi connectivity index (χ3n) is 5.95. The summed E-state index contributed by atoms with van der Waals surface area (Å²) in [7, 11) is 1.47. The number of ketones is 1. The van der Waals surface area contributed by atoms with Crippen molar-refractivity contribution < 1.29 is 59.7 Å². The van der Waals surface area contributed by atoms with E-state index in [4.69, 9.17) is 0 Å². The predicted octanol–water partition coefficient (Wildman–Crippen LogP) is 0.355. The molecule has 0 spiro atoms. The van der Waals surface area contributed by atoms with Gasteiger partial charge in [0.15, 0.2) is 11.8 Å². The van der Waals surface area contributed by atoms with Crippen LogP contribution in [0.25, 0.3) is 11.1 Å². The van der Waals surface area contributed by atoms with Crippen molar-refractivity contribution in [2.24, 2.45) is 0 Å². The van der Waals surface area contributed by atoms with E-state index < -0.39 is 48.0 Å². The van der Waals surface area contributed by atoms with Crippen LogP contribution in [-0.4, -0.2) is 46.8 Å². The number of allylic oxidation sites excluding steroid dienone is 1. The van der Waals surface area contributed by atoms with E-state index in [0.717, 1.165) is 11.1 Å². The van der Waals surface area contributed by atoms with Crippen LogP contribution < -0.4 is 40.2 Å². The molecule has 0 aliphatic carbocycles. The number of aliphatic carboxylic acids is 1. The summed E-state index contributed by atoms with van der Waals surface area (Å²) in [6.07, 6.45) is 0.629. The molecule has 0 bridgehead atoms. The second-order valence-corrected chi connectivity index (χ2v) is 8.24. The summed E-state index contributed by atoms with van der Waals surface area (Å²) in [4.78, 5) is 50.2. The van der Waals surface area contributed by atoms with Gasteiger partial charge in [0.25, 0.3) is 5.91 Å². The Kier molecular flexibility index (Phi) is 9.37. The van der Waals surface area contributed by atoms with Gasteiger partial charge in [0.05, 0.1) is 12.5 Å². The normalized spacial score (nSPS) is 16.2. The van der Waals surface area contributed by atoms with Gasteiger partial charge in [-0.2, -0.15) is 0 Å². The van der Waals surface area contributed by atoms with E-state index in [-0.39, 0.29) is 36.5 Å². The zero-order valence-electron chi connectivity index (χ0n) is 21.3. The van der Waals surface area contributed by atoms with Gasteiger partial charge in [-0.1, -0.05) is 30.3 Å². The van der Waals surface area contributed by atoms with Gasteiger partial charge < -0.3 is 22.1 Å². The molecule has 0 saturated heterocycles. The van der Waals surface area contributed by atoms with Crippen molar-refractivity contribution in [1.29, 1.82) is 0 Å². The molecule has 3 rings (SSSR count). The number of carbonyl (C=O) groups excluding carboxylic acids is 3. The fraction of sp³-hybridized carbons (Fsp3) is 0.280. The van der Waals surface area contributed by atoms with Crippen molar-refractivity contribution in [3.8, 4) is 11.1 Å². The van der Waals surface area contributed by atoms with Crippen molar-refractivity contribution in [3.63, 3.8) is 0 Å². The summed E-state index contributed by atoms with van der Waals surface area (Å²) in [6.45, 7) is 5.15. The number of carbonyl (C=O) groups is 4. The van der Waals surface area contributed by atoms with Crippen LogP contribution in [0.3, 0.4) is 0 Å². The minimum Gasteiger partial charge on any atom is -1.00 e. The molecule has 2 aromatic rings. The largest absolute Gasteiger partial charge is 1.00 e. The molecule has 2 atom stereocenters. The van der Waals surface area contributed by atoms with E-state index >= 15 is 0 Å². The van der Waals surface area contributed by atoms with E-state index in [1.54, 1.807) is 19.9 Å². The molecule has 1 heterocycles.